The number of nitrogens with zero attached hydrogens (tertiary/aromatic N) is 7. The van der Waals surface area contributed by atoms with Crippen LogP contribution in [0.15, 0.2) is 4.63 Å². The first-order valence-electron chi connectivity index (χ1n) is 11.6. The molecular formula is C21H31N7O3. The van der Waals surface area contributed by atoms with Gasteiger partial charge in [-0.15, -0.1) is 0 Å². The number of carbonyl (C=O) groups is 1. The van der Waals surface area contributed by atoms with Crippen LogP contribution in [-0.4, -0.2) is 83.1 Å². The van der Waals surface area contributed by atoms with E-state index in [1.165, 1.54) is 12.8 Å². The van der Waals surface area contributed by atoms with Gasteiger partial charge in [0, 0.05) is 32.2 Å². The summed E-state index contributed by atoms with van der Waals surface area (Å²) < 4.78 is 10.1. The van der Waals surface area contributed by atoms with Crippen LogP contribution in [0.1, 0.15) is 45.4 Å². The molecule has 0 amide bonds. The molecule has 0 saturated carbocycles. The number of fused-ring (bicyclic) bond motifs is 1. The Morgan fingerprint density at radius 3 is 2.06 bits per heavy atom. The second-order valence-corrected chi connectivity index (χ2v) is 8.76. The minimum Gasteiger partial charge on any atom is -0.466 e. The number of anilines is 2. The van der Waals surface area contributed by atoms with Crippen molar-refractivity contribution in [3.05, 3.63) is 0 Å². The molecule has 168 valence electrons. The van der Waals surface area contributed by atoms with E-state index in [0.29, 0.717) is 23.9 Å². The fourth-order valence-electron chi connectivity index (χ4n) is 5.18. The molecule has 10 nitrogen and oxygen atoms in total. The Morgan fingerprint density at radius 2 is 1.48 bits per heavy atom. The lowest BCUT2D eigenvalue weighted by Crippen LogP contribution is -2.49. The molecule has 5 heterocycles. The Hall–Kier alpha value is -2.49. The van der Waals surface area contributed by atoms with Gasteiger partial charge in [0.15, 0.2) is 11.6 Å². The molecule has 3 aliphatic heterocycles. The van der Waals surface area contributed by atoms with Gasteiger partial charge >= 0.3 is 5.97 Å². The number of aromatic nitrogens is 4. The first kappa shape index (κ1) is 20.4. The van der Waals surface area contributed by atoms with Crippen molar-refractivity contribution in [2.75, 3.05) is 55.7 Å². The Bertz CT molecular complexity index is 898. The second-order valence-electron chi connectivity index (χ2n) is 8.76. The van der Waals surface area contributed by atoms with E-state index in [4.69, 9.17) is 19.3 Å². The Morgan fingerprint density at radius 1 is 0.903 bits per heavy atom. The highest BCUT2D eigenvalue weighted by Crippen LogP contribution is 2.33. The van der Waals surface area contributed by atoms with Gasteiger partial charge in [0.05, 0.1) is 12.5 Å². The number of piperidine rings is 2. The first-order valence-corrected chi connectivity index (χ1v) is 11.6. The molecule has 2 aromatic rings. The van der Waals surface area contributed by atoms with Crippen LogP contribution in [0.2, 0.25) is 0 Å². The monoisotopic (exact) mass is 429 g/mol. The van der Waals surface area contributed by atoms with Crippen molar-refractivity contribution < 1.29 is 14.2 Å². The molecule has 3 aliphatic rings. The topological polar surface area (TPSA) is 101 Å². The summed E-state index contributed by atoms with van der Waals surface area (Å²) in [5.41, 5.74) is 0.950. The number of hydrogen-bond acceptors (Lipinski definition) is 10. The standard InChI is InChI=1S/C21H31N7O3/c1-2-30-21(29)15-5-11-26(12-6-15)16-7-13-28(14-8-16)20-19(27-9-3-4-10-27)22-17-18(23-20)25-31-24-17/h15-16H,2-14H2,1H3. The molecule has 3 saturated heterocycles. The van der Waals surface area contributed by atoms with Crippen LogP contribution in [0.5, 0.6) is 0 Å². The number of hydrogen-bond donors (Lipinski definition) is 0. The molecule has 0 unspecified atom stereocenters. The maximum atomic E-state index is 12.0. The maximum Gasteiger partial charge on any atom is 0.309 e. The fraction of sp³-hybridized carbons (Fsp3) is 0.762. The third-order valence-corrected chi connectivity index (χ3v) is 6.91. The number of likely N-dealkylation sites (tertiary alicyclic amines) is 1. The van der Waals surface area contributed by atoms with Crippen molar-refractivity contribution in [3.8, 4) is 0 Å². The van der Waals surface area contributed by atoms with Crippen molar-refractivity contribution in [1.82, 2.24) is 25.2 Å². The lowest BCUT2D eigenvalue weighted by atomic mass is 9.93. The van der Waals surface area contributed by atoms with E-state index in [9.17, 15) is 4.79 Å². The van der Waals surface area contributed by atoms with Crippen LogP contribution < -0.4 is 9.80 Å². The summed E-state index contributed by atoms with van der Waals surface area (Å²) >= 11 is 0. The normalized spacial score (nSPS) is 21.8. The predicted octanol–water partition coefficient (Wildman–Crippen LogP) is 1.86. The number of carbonyl (C=O) groups excluding carboxylic acids is 1. The van der Waals surface area contributed by atoms with Crippen LogP contribution in [-0.2, 0) is 9.53 Å². The van der Waals surface area contributed by atoms with Gasteiger partial charge in [-0.3, -0.25) is 4.79 Å². The molecule has 0 bridgehead atoms. The summed E-state index contributed by atoms with van der Waals surface area (Å²) in [6.07, 6.45) is 6.33. The van der Waals surface area contributed by atoms with Crippen molar-refractivity contribution in [1.29, 1.82) is 0 Å². The van der Waals surface area contributed by atoms with Crippen molar-refractivity contribution >= 4 is 28.9 Å². The quantitative estimate of drug-likeness (QED) is 0.655. The fourth-order valence-corrected chi connectivity index (χ4v) is 5.18. The van der Waals surface area contributed by atoms with Gasteiger partial charge < -0.3 is 19.4 Å². The molecular weight excluding hydrogens is 398 g/mol. The molecule has 0 atom stereocenters. The van der Waals surface area contributed by atoms with Crippen molar-refractivity contribution in [3.63, 3.8) is 0 Å². The van der Waals surface area contributed by atoms with Crippen LogP contribution >= 0.6 is 0 Å². The summed E-state index contributed by atoms with van der Waals surface area (Å²) in [5, 5.41) is 7.81. The van der Waals surface area contributed by atoms with Gasteiger partial charge in [-0.25, -0.2) is 14.6 Å². The number of esters is 1. The minimum absolute atomic E-state index is 0.0253. The molecule has 31 heavy (non-hydrogen) atoms. The molecule has 3 fully saturated rings. The van der Waals surface area contributed by atoms with E-state index in [1.54, 1.807) is 0 Å². The average Bonchev–Trinajstić information content (AvgIpc) is 3.50. The van der Waals surface area contributed by atoms with Crippen molar-refractivity contribution in [2.24, 2.45) is 5.92 Å². The largest absolute Gasteiger partial charge is 0.466 e. The van der Waals surface area contributed by atoms with E-state index < -0.39 is 0 Å². The van der Waals surface area contributed by atoms with Gasteiger partial charge in [-0.1, -0.05) is 0 Å². The molecule has 0 aliphatic carbocycles. The predicted molar refractivity (Wildman–Crippen MR) is 115 cm³/mol. The summed E-state index contributed by atoms with van der Waals surface area (Å²) in [6.45, 7) is 8.18. The van der Waals surface area contributed by atoms with Gasteiger partial charge in [0.25, 0.3) is 0 Å². The molecule has 10 heteroatoms. The summed E-state index contributed by atoms with van der Waals surface area (Å²) in [4.78, 5) is 28.7. The Balaban J connectivity index is 1.23. The lowest BCUT2D eigenvalue weighted by Gasteiger charge is -2.42. The summed E-state index contributed by atoms with van der Waals surface area (Å²) in [7, 11) is 0. The highest BCUT2D eigenvalue weighted by Gasteiger charge is 2.33. The van der Waals surface area contributed by atoms with Crippen LogP contribution in [0.25, 0.3) is 11.3 Å². The molecule has 0 aromatic carbocycles. The Labute approximate surface area is 181 Å². The van der Waals surface area contributed by atoms with E-state index in [0.717, 1.165) is 76.6 Å². The highest BCUT2D eigenvalue weighted by molar-refractivity contribution is 5.75. The minimum atomic E-state index is -0.0253. The van der Waals surface area contributed by atoms with Gasteiger partial charge in [0.2, 0.25) is 11.3 Å². The van der Waals surface area contributed by atoms with E-state index in [1.807, 2.05) is 6.92 Å². The maximum absolute atomic E-state index is 12.0. The smallest absolute Gasteiger partial charge is 0.309 e. The second kappa shape index (κ2) is 8.94. The lowest BCUT2D eigenvalue weighted by molar-refractivity contribution is -0.149. The van der Waals surface area contributed by atoms with Gasteiger partial charge in [-0.2, -0.15) is 0 Å². The zero-order chi connectivity index (χ0) is 21.2. The number of rotatable bonds is 5. The van der Waals surface area contributed by atoms with E-state index in [-0.39, 0.29) is 11.9 Å². The zero-order valence-electron chi connectivity index (χ0n) is 18.2. The van der Waals surface area contributed by atoms with Crippen molar-refractivity contribution in [2.45, 2.75) is 51.5 Å². The van der Waals surface area contributed by atoms with E-state index in [2.05, 4.69) is 25.0 Å². The summed E-state index contributed by atoms with van der Waals surface area (Å²) in [6, 6.07) is 0.556. The van der Waals surface area contributed by atoms with Crippen LogP contribution in [0.3, 0.4) is 0 Å². The first-order chi connectivity index (χ1) is 15.2. The van der Waals surface area contributed by atoms with Gasteiger partial charge in [-0.05, 0) is 68.9 Å². The van der Waals surface area contributed by atoms with E-state index >= 15 is 0 Å². The number of ether oxygens (including phenoxy) is 1. The molecule has 2 aromatic heterocycles. The van der Waals surface area contributed by atoms with Crippen LogP contribution in [0, 0.1) is 5.92 Å². The van der Waals surface area contributed by atoms with Crippen LogP contribution in [0.4, 0.5) is 11.6 Å². The summed E-state index contributed by atoms with van der Waals surface area (Å²) in [5.74, 6) is 1.86. The zero-order valence-corrected chi connectivity index (χ0v) is 18.2. The van der Waals surface area contributed by atoms with Gasteiger partial charge in [0.1, 0.15) is 0 Å². The molecule has 5 rings (SSSR count). The SMILES string of the molecule is CCOC(=O)C1CCN(C2CCN(c3nc4nonc4nc3N3CCCC3)CC2)CC1. The molecule has 0 N–H and O–H groups in total. The molecule has 0 spiro atoms. The third kappa shape index (κ3) is 4.17. The highest BCUT2D eigenvalue weighted by atomic mass is 16.6. The Kier molecular flexibility index (Phi) is 5.89. The molecule has 0 radical (unpaired) electrons. The average molecular weight is 430 g/mol. The third-order valence-electron chi connectivity index (χ3n) is 6.91.